The average molecular weight is 1080 g/mol. The van der Waals surface area contributed by atoms with Crippen molar-refractivity contribution in [3.8, 4) is 38.9 Å². The Morgan fingerprint density at radius 1 is 0.857 bits per heavy atom. The number of amides is 3. The Morgan fingerprint density at radius 2 is 1.58 bits per heavy atom. The highest BCUT2D eigenvalue weighted by atomic mass is 32.1. The maximum absolute atomic E-state index is 13.8. The summed E-state index contributed by atoms with van der Waals surface area (Å²) in [6.45, 7) is 11.1. The quantitative estimate of drug-likeness (QED) is 0.0353. The minimum atomic E-state index is -0.872. The van der Waals surface area contributed by atoms with E-state index >= 15 is 0 Å². The van der Waals surface area contributed by atoms with Crippen molar-refractivity contribution in [1.29, 1.82) is 0 Å². The number of carbonyl (C=O) groups is 3. The van der Waals surface area contributed by atoms with E-state index in [1.165, 1.54) is 4.90 Å². The number of carbonyl (C=O) groups excluding carboxylic acids is 3. The fourth-order valence-electron chi connectivity index (χ4n) is 8.95. The fraction of sp³-hybridized carbons (Fsp3) is 0.509. The predicted molar refractivity (Wildman–Crippen MR) is 293 cm³/mol. The third-order valence-corrected chi connectivity index (χ3v) is 14.1. The van der Waals surface area contributed by atoms with Gasteiger partial charge in [-0.05, 0) is 49.1 Å². The largest absolute Gasteiger partial charge is 0.493 e. The molecule has 0 saturated carbocycles. The number of hydrogen-bond acceptors (Lipinski definition) is 19. The Bertz CT molecular complexity index is 2630. The molecule has 2 aliphatic rings. The predicted octanol–water partition coefficient (Wildman–Crippen LogP) is 5.32. The number of aryl methyl sites for hydroxylation is 1. The van der Waals surface area contributed by atoms with Crippen LogP contribution in [0.4, 0.5) is 17.5 Å². The highest BCUT2D eigenvalue weighted by Crippen LogP contribution is 2.41. The van der Waals surface area contributed by atoms with Crippen molar-refractivity contribution < 1.29 is 52.6 Å². The van der Waals surface area contributed by atoms with Crippen molar-refractivity contribution in [3.05, 3.63) is 83.8 Å². The molecule has 3 amide bonds. The summed E-state index contributed by atoms with van der Waals surface area (Å²) < 4.78 is 39.8. The lowest BCUT2D eigenvalue weighted by molar-refractivity contribution is -0.142. The van der Waals surface area contributed by atoms with E-state index in [1.54, 1.807) is 43.9 Å². The maximum Gasteiger partial charge on any atom is 0.246 e. The third-order valence-electron chi connectivity index (χ3n) is 13.1. The van der Waals surface area contributed by atoms with Gasteiger partial charge in [-0.3, -0.25) is 14.4 Å². The Hall–Kier alpha value is -6.53. The number of thiazole rings is 1. The van der Waals surface area contributed by atoms with E-state index < -0.39 is 30.0 Å². The molecule has 2 fully saturated rings. The summed E-state index contributed by atoms with van der Waals surface area (Å²) in [6, 6.07) is 16.1. The number of aliphatic hydroxyl groups excluding tert-OH is 1. The molecule has 2 aliphatic heterocycles. The summed E-state index contributed by atoms with van der Waals surface area (Å²) >= 11 is 1.57. The molecule has 0 aliphatic carbocycles. The molecular weight excluding hydrogens is 1010 g/mol. The first kappa shape index (κ1) is 58.2. The van der Waals surface area contributed by atoms with Crippen LogP contribution in [-0.4, -0.2) is 172 Å². The Balaban J connectivity index is 0.751. The summed E-state index contributed by atoms with van der Waals surface area (Å²) in [5, 5.41) is 23.1. The zero-order valence-electron chi connectivity index (χ0n) is 44.8. The molecule has 22 heteroatoms. The lowest BCUT2D eigenvalue weighted by Crippen LogP contribution is -2.54. The number of nitrogens with zero attached hydrogens (tertiary/aromatic N) is 6. The summed E-state index contributed by atoms with van der Waals surface area (Å²) in [6.07, 6.45) is 5.72. The average Bonchev–Trinajstić information content (AvgIpc) is 4.08. The monoisotopic (exact) mass is 1080 g/mol. The SMILES string of the molecule is CCCC[C@H](NC(=O)COCCOCCOCCOCCOc1cc(Nc2nccc(-c3ccc(N4CCNC(CC)C4)nc3)n2)cc(OC)c1OC)C(=O)N1C[C@H](O)C[C@H]1C(=O)NCc1ccc(-c2scnc2C)cc1. The first-order chi connectivity index (χ1) is 37.6. The van der Waals surface area contributed by atoms with Crippen LogP contribution in [0.25, 0.3) is 21.7 Å². The molecule has 21 nitrogen and oxygen atoms in total. The lowest BCUT2D eigenvalue weighted by Gasteiger charge is -2.34. The molecule has 0 spiro atoms. The number of β-amino-alcohol motifs (C(OH)–C–C–N with tert-alkyl or cyclic N) is 1. The first-order valence-corrected chi connectivity index (χ1v) is 27.2. The van der Waals surface area contributed by atoms with Gasteiger partial charge in [0, 0.05) is 81.0 Å². The van der Waals surface area contributed by atoms with Gasteiger partial charge in [-0.25, -0.2) is 19.9 Å². The minimum Gasteiger partial charge on any atom is -0.493 e. The number of methoxy groups -OCH3 is 2. The first-order valence-electron chi connectivity index (χ1n) is 26.4. The highest BCUT2D eigenvalue weighted by molar-refractivity contribution is 7.13. The highest BCUT2D eigenvalue weighted by Gasteiger charge is 2.41. The van der Waals surface area contributed by atoms with Gasteiger partial charge in [0.25, 0.3) is 0 Å². The van der Waals surface area contributed by atoms with Crippen LogP contribution in [0.1, 0.15) is 57.2 Å². The fourth-order valence-corrected chi connectivity index (χ4v) is 9.76. The topological polar surface area (TPSA) is 242 Å². The van der Waals surface area contributed by atoms with Gasteiger partial charge in [0.15, 0.2) is 11.5 Å². The molecule has 5 heterocycles. The number of benzene rings is 2. The second kappa shape index (κ2) is 30.4. The summed E-state index contributed by atoms with van der Waals surface area (Å²) in [5.74, 6) is 1.45. The molecule has 77 heavy (non-hydrogen) atoms. The maximum atomic E-state index is 13.8. The second-order valence-corrected chi connectivity index (χ2v) is 19.4. The van der Waals surface area contributed by atoms with Crippen LogP contribution in [-0.2, 0) is 39.9 Å². The van der Waals surface area contributed by atoms with E-state index in [2.05, 4.69) is 43.1 Å². The molecule has 2 saturated heterocycles. The van der Waals surface area contributed by atoms with Gasteiger partial charge < -0.3 is 69.3 Å². The van der Waals surface area contributed by atoms with Gasteiger partial charge in [-0.15, -0.1) is 11.3 Å². The standard InChI is InChI=1S/C55H74N10O11S/c1-6-8-9-45(54(69)65-34-43(66)30-46(65)53(68)59-31-38-10-12-39(13-11-38)52-37(3)60-36-77-52)62-50(67)35-75-25-24-73-21-20-72-22-23-74-26-27-76-48-29-42(28-47(70-4)51(48)71-5)61-55-57-17-16-44(63-55)40-14-15-49(58-32-40)64-19-18-56-41(7-2)33-64/h10-17,28-29,32,36,41,43,45-46,56,66H,6-9,18-27,30-31,33-35H2,1-5H3,(H,59,68)(H,62,67)(H,57,61,63)/t41?,43-,45+,46+/m1/s1. The number of likely N-dealkylation sites (tertiary alicyclic amines) is 1. The van der Waals surface area contributed by atoms with Crippen molar-refractivity contribution in [3.63, 3.8) is 0 Å². The van der Waals surface area contributed by atoms with E-state index in [0.29, 0.717) is 74.2 Å². The van der Waals surface area contributed by atoms with Crippen LogP contribution in [0.5, 0.6) is 17.2 Å². The lowest BCUT2D eigenvalue weighted by atomic mass is 10.1. The number of hydrogen-bond donors (Lipinski definition) is 5. The summed E-state index contributed by atoms with van der Waals surface area (Å²) in [7, 11) is 3.10. The molecule has 0 radical (unpaired) electrons. The van der Waals surface area contributed by atoms with E-state index in [9.17, 15) is 19.5 Å². The molecule has 7 rings (SSSR count). The number of piperazine rings is 1. The number of nitrogens with one attached hydrogen (secondary N) is 4. The number of aromatic nitrogens is 4. The Morgan fingerprint density at radius 3 is 2.26 bits per heavy atom. The van der Waals surface area contributed by atoms with Crippen molar-refractivity contribution in [2.24, 2.45) is 0 Å². The molecular formula is C55H74N10O11S. The normalized spacial score (nSPS) is 16.7. The zero-order valence-corrected chi connectivity index (χ0v) is 45.6. The number of aliphatic hydroxyl groups is 1. The number of ether oxygens (including phenoxy) is 7. The molecule has 2 aromatic carbocycles. The zero-order chi connectivity index (χ0) is 54.4. The van der Waals surface area contributed by atoms with Gasteiger partial charge in [-0.2, -0.15) is 0 Å². The molecule has 0 bridgehead atoms. The van der Waals surface area contributed by atoms with Crippen LogP contribution < -0.4 is 40.4 Å². The van der Waals surface area contributed by atoms with E-state index in [4.69, 9.17) is 43.1 Å². The van der Waals surface area contributed by atoms with Crippen LogP contribution in [0, 0.1) is 6.92 Å². The third kappa shape index (κ3) is 17.2. The van der Waals surface area contributed by atoms with Crippen LogP contribution in [0.15, 0.2) is 72.5 Å². The van der Waals surface area contributed by atoms with Crippen molar-refractivity contribution in [2.45, 2.75) is 83.6 Å². The number of unbranched alkanes of at least 4 members (excludes halogenated alkanes) is 1. The molecule has 5 aromatic rings. The van der Waals surface area contributed by atoms with Gasteiger partial charge in [0.05, 0.1) is 88.3 Å². The van der Waals surface area contributed by atoms with E-state index in [1.807, 2.05) is 68.0 Å². The summed E-state index contributed by atoms with van der Waals surface area (Å²) in [5.41, 5.74) is 6.96. The van der Waals surface area contributed by atoms with Gasteiger partial charge in [-0.1, -0.05) is 51.0 Å². The van der Waals surface area contributed by atoms with Gasteiger partial charge in [0.1, 0.15) is 31.1 Å². The van der Waals surface area contributed by atoms with Gasteiger partial charge in [0.2, 0.25) is 29.4 Å². The van der Waals surface area contributed by atoms with E-state index in [0.717, 1.165) is 71.2 Å². The molecule has 4 atom stereocenters. The molecule has 1 unspecified atom stereocenters. The minimum absolute atomic E-state index is 0.000134. The number of pyridine rings is 1. The Kier molecular flexibility index (Phi) is 23.0. The molecule has 416 valence electrons. The van der Waals surface area contributed by atoms with Crippen molar-refractivity contribution in [1.82, 2.24) is 40.8 Å². The Labute approximate surface area is 454 Å². The number of anilines is 3. The number of rotatable bonds is 31. The van der Waals surface area contributed by atoms with Crippen LogP contribution in [0.2, 0.25) is 0 Å². The van der Waals surface area contributed by atoms with Crippen molar-refractivity contribution in [2.75, 3.05) is 110 Å². The van der Waals surface area contributed by atoms with Gasteiger partial charge >= 0.3 is 0 Å². The van der Waals surface area contributed by atoms with Crippen LogP contribution >= 0.6 is 11.3 Å². The molecule has 5 N–H and O–H groups in total. The smallest absolute Gasteiger partial charge is 0.246 e. The van der Waals surface area contributed by atoms with Crippen LogP contribution in [0.3, 0.4) is 0 Å². The summed E-state index contributed by atoms with van der Waals surface area (Å²) in [4.78, 5) is 63.2. The second-order valence-electron chi connectivity index (χ2n) is 18.6. The van der Waals surface area contributed by atoms with Crippen molar-refractivity contribution >= 4 is 46.5 Å². The van der Waals surface area contributed by atoms with E-state index in [-0.39, 0.29) is 58.5 Å². The molecule has 3 aromatic heterocycles.